The molecule has 0 radical (unpaired) electrons. The van der Waals surface area contributed by atoms with Gasteiger partial charge in [-0.3, -0.25) is 4.90 Å². The van der Waals surface area contributed by atoms with Crippen LogP contribution in [0.2, 0.25) is 0 Å². The summed E-state index contributed by atoms with van der Waals surface area (Å²) in [5, 5.41) is 0. The first-order chi connectivity index (χ1) is 8.19. The van der Waals surface area contributed by atoms with Crippen molar-refractivity contribution in [1.82, 2.24) is 4.90 Å². The molecule has 1 aliphatic rings. The normalized spacial score (nSPS) is 14.9. The van der Waals surface area contributed by atoms with Crippen LogP contribution >= 0.6 is 0 Å². The molecule has 0 atom stereocenters. The highest BCUT2D eigenvalue weighted by Gasteiger charge is 2.23. The number of hydrogen-bond acceptors (Lipinski definition) is 2. The lowest BCUT2D eigenvalue weighted by Gasteiger charge is -2.20. The third-order valence-corrected chi connectivity index (χ3v) is 3.27. The van der Waals surface area contributed by atoms with Crippen molar-refractivity contribution >= 4 is 5.69 Å². The quantitative estimate of drug-likeness (QED) is 0.619. The summed E-state index contributed by atoms with van der Waals surface area (Å²) in [7, 11) is 0. The second-order valence-electron chi connectivity index (χ2n) is 5.01. The highest BCUT2D eigenvalue weighted by atomic mass is 15.1. The van der Waals surface area contributed by atoms with Crippen molar-refractivity contribution in [3.63, 3.8) is 0 Å². The number of nitrogen functional groups attached to an aromatic ring is 1. The summed E-state index contributed by atoms with van der Waals surface area (Å²) >= 11 is 0. The highest BCUT2D eigenvalue weighted by molar-refractivity contribution is 5.47. The summed E-state index contributed by atoms with van der Waals surface area (Å²) < 4.78 is 0. The Kier molecular flexibility index (Phi) is 3.71. The van der Waals surface area contributed by atoms with E-state index in [0.717, 1.165) is 36.8 Å². The summed E-state index contributed by atoms with van der Waals surface area (Å²) in [5.74, 6) is 3.62. The molecule has 0 saturated heterocycles. The van der Waals surface area contributed by atoms with Crippen LogP contribution in [0.15, 0.2) is 18.2 Å². The van der Waals surface area contributed by atoms with E-state index >= 15 is 0 Å². The van der Waals surface area contributed by atoms with E-state index in [2.05, 4.69) is 23.0 Å². The van der Waals surface area contributed by atoms with E-state index < -0.39 is 0 Å². The Bertz CT molecular complexity index is 427. The third kappa shape index (κ3) is 3.51. The van der Waals surface area contributed by atoms with Crippen LogP contribution in [-0.4, -0.2) is 18.0 Å². The summed E-state index contributed by atoms with van der Waals surface area (Å²) in [5.41, 5.74) is 9.13. The maximum atomic E-state index is 5.82. The molecule has 1 aliphatic carbocycles. The minimum Gasteiger partial charge on any atom is -0.399 e. The summed E-state index contributed by atoms with van der Waals surface area (Å²) in [4.78, 5) is 2.35. The van der Waals surface area contributed by atoms with Gasteiger partial charge in [0.15, 0.2) is 0 Å². The first kappa shape index (κ1) is 12.0. The van der Waals surface area contributed by atoms with Gasteiger partial charge >= 0.3 is 0 Å². The van der Waals surface area contributed by atoms with Crippen molar-refractivity contribution < 1.29 is 0 Å². The summed E-state index contributed by atoms with van der Waals surface area (Å²) in [6, 6.07) is 6.24. The van der Waals surface area contributed by atoms with Gasteiger partial charge in [0.2, 0.25) is 0 Å². The standard InChI is InChI=1S/C15H20N2/c1-3-8-17(10-13-4-5-13)11-14-6-7-15(16)12(2)9-14/h1,6-7,9,13H,4-5,8,10-11,16H2,2H3. The summed E-state index contributed by atoms with van der Waals surface area (Å²) in [6.45, 7) is 4.85. The zero-order valence-electron chi connectivity index (χ0n) is 10.4. The molecule has 0 aliphatic heterocycles. The van der Waals surface area contributed by atoms with E-state index in [0.29, 0.717) is 0 Å². The van der Waals surface area contributed by atoms with Crippen molar-refractivity contribution in [2.45, 2.75) is 26.3 Å². The first-order valence-corrected chi connectivity index (χ1v) is 6.20. The largest absolute Gasteiger partial charge is 0.399 e. The minimum absolute atomic E-state index is 0.736. The molecule has 0 heterocycles. The fraction of sp³-hybridized carbons (Fsp3) is 0.467. The Morgan fingerprint density at radius 2 is 2.24 bits per heavy atom. The number of aryl methyl sites for hydroxylation is 1. The number of rotatable bonds is 5. The molecule has 90 valence electrons. The Hall–Kier alpha value is -1.46. The van der Waals surface area contributed by atoms with Crippen molar-refractivity contribution in [1.29, 1.82) is 0 Å². The maximum absolute atomic E-state index is 5.82. The van der Waals surface area contributed by atoms with Gasteiger partial charge in [0.05, 0.1) is 6.54 Å². The van der Waals surface area contributed by atoms with Crippen LogP contribution in [0.25, 0.3) is 0 Å². The molecule has 2 N–H and O–H groups in total. The average Bonchev–Trinajstić information content (AvgIpc) is 3.08. The van der Waals surface area contributed by atoms with E-state index in [-0.39, 0.29) is 0 Å². The predicted octanol–water partition coefficient (Wildman–Crippen LogP) is 2.42. The fourth-order valence-corrected chi connectivity index (χ4v) is 2.07. The van der Waals surface area contributed by atoms with Crippen molar-refractivity contribution in [2.75, 3.05) is 18.8 Å². The molecule has 0 unspecified atom stereocenters. The summed E-state index contributed by atoms with van der Waals surface area (Å²) in [6.07, 6.45) is 8.15. The third-order valence-electron chi connectivity index (χ3n) is 3.27. The smallest absolute Gasteiger partial charge is 0.0601 e. The van der Waals surface area contributed by atoms with Crippen LogP contribution < -0.4 is 5.73 Å². The Morgan fingerprint density at radius 3 is 2.82 bits per heavy atom. The number of nitrogens with zero attached hydrogens (tertiary/aromatic N) is 1. The Balaban J connectivity index is 2.00. The van der Waals surface area contributed by atoms with Crippen LogP contribution in [0.3, 0.4) is 0 Å². The van der Waals surface area contributed by atoms with Crippen LogP contribution in [0.1, 0.15) is 24.0 Å². The first-order valence-electron chi connectivity index (χ1n) is 6.20. The molecule has 0 spiro atoms. The predicted molar refractivity (Wildman–Crippen MR) is 72.4 cm³/mol. The minimum atomic E-state index is 0.736. The number of hydrogen-bond donors (Lipinski definition) is 1. The van der Waals surface area contributed by atoms with Crippen molar-refractivity contribution in [2.24, 2.45) is 5.92 Å². The molecule has 1 aromatic carbocycles. The van der Waals surface area contributed by atoms with Gasteiger partial charge < -0.3 is 5.73 Å². The van der Waals surface area contributed by atoms with E-state index in [4.69, 9.17) is 12.2 Å². The van der Waals surface area contributed by atoms with Gasteiger partial charge in [-0.25, -0.2) is 0 Å². The van der Waals surface area contributed by atoms with E-state index in [9.17, 15) is 0 Å². The molecule has 0 amide bonds. The molecule has 17 heavy (non-hydrogen) atoms. The van der Waals surface area contributed by atoms with E-state index in [1.807, 2.05) is 13.0 Å². The van der Waals surface area contributed by atoms with Crippen LogP contribution in [0.5, 0.6) is 0 Å². The Morgan fingerprint density at radius 1 is 1.47 bits per heavy atom. The lowest BCUT2D eigenvalue weighted by molar-refractivity contribution is 0.286. The zero-order chi connectivity index (χ0) is 12.3. The van der Waals surface area contributed by atoms with Crippen molar-refractivity contribution in [3.8, 4) is 12.3 Å². The monoisotopic (exact) mass is 228 g/mol. The zero-order valence-corrected chi connectivity index (χ0v) is 10.4. The molecule has 2 nitrogen and oxygen atoms in total. The molecular weight excluding hydrogens is 208 g/mol. The highest BCUT2D eigenvalue weighted by Crippen LogP contribution is 2.30. The van der Waals surface area contributed by atoms with Crippen molar-refractivity contribution in [3.05, 3.63) is 29.3 Å². The SMILES string of the molecule is C#CCN(Cc1ccc(N)c(C)c1)CC1CC1. The maximum Gasteiger partial charge on any atom is 0.0601 e. The van der Waals surface area contributed by atoms with Crippen LogP contribution in [0, 0.1) is 25.2 Å². The van der Waals surface area contributed by atoms with Gasteiger partial charge in [0, 0.05) is 18.8 Å². The lowest BCUT2D eigenvalue weighted by Crippen LogP contribution is -2.26. The van der Waals surface area contributed by atoms with Crippen LogP contribution in [0.4, 0.5) is 5.69 Å². The van der Waals surface area contributed by atoms with Gasteiger partial charge in [-0.05, 0) is 42.9 Å². The molecule has 1 saturated carbocycles. The van der Waals surface area contributed by atoms with E-state index in [1.54, 1.807) is 0 Å². The number of nitrogens with two attached hydrogens (primary N) is 1. The van der Waals surface area contributed by atoms with Gasteiger partial charge in [0.25, 0.3) is 0 Å². The average molecular weight is 228 g/mol. The van der Waals surface area contributed by atoms with Crippen LogP contribution in [-0.2, 0) is 6.54 Å². The molecule has 1 aromatic rings. The number of terminal acetylenes is 1. The lowest BCUT2D eigenvalue weighted by atomic mass is 10.1. The van der Waals surface area contributed by atoms with Gasteiger partial charge in [-0.2, -0.15) is 0 Å². The fourth-order valence-electron chi connectivity index (χ4n) is 2.07. The topological polar surface area (TPSA) is 29.3 Å². The second-order valence-corrected chi connectivity index (χ2v) is 5.01. The molecule has 0 aromatic heterocycles. The van der Waals surface area contributed by atoms with Gasteiger partial charge in [-0.1, -0.05) is 18.1 Å². The number of benzene rings is 1. The Labute approximate surface area is 104 Å². The molecular formula is C15H20N2. The number of anilines is 1. The molecule has 0 bridgehead atoms. The second kappa shape index (κ2) is 5.25. The van der Waals surface area contributed by atoms with Gasteiger partial charge in [-0.15, -0.1) is 6.42 Å². The molecule has 2 heteroatoms. The molecule has 2 rings (SSSR count). The molecule has 1 fully saturated rings. The van der Waals surface area contributed by atoms with E-state index in [1.165, 1.54) is 18.4 Å². The van der Waals surface area contributed by atoms with Gasteiger partial charge in [0.1, 0.15) is 0 Å².